The summed E-state index contributed by atoms with van der Waals surface area (Å²) in [4.78, 5) is 31.5. The third-order valence-corrected chi connectivity index (χ3v) is 7.10. The summed E-state index contributed by atoms with van der Waals surface area (Å²) in [5.41, 5.74) is 3.23. The van der Waals surface area contributed by atoms with Gasteiger partial charge in [-0.25, -0.2) is 9.97 Å². The first-order valence-electron chi connectivity index (χ1n) is 8.82. The molecular weight excluding hydrogens is 476 g/mol. The standard InChI is InChI=1S/C20H13ClN4O3S3/c21-14-5-1-12(2-6-14)17-10-30-20(23-17)31-11-18(26)24-19-22-16(9-29-19)13-3-7-15(8-4-13)25(27)28/h1-10H,11H2,(H,22,24,26). The van der Waals surface area contributed by atoms with Crippen LogP contribution in [0.25, 0.3) is 22.5 Å². The molecule has 4 rings (SSSR count). The van der Waals surface area contributed by atoms with E-state index >= 15 is 0 Å². The van der Waals surface area contributed by atoms with Crippen LogP contribution in [0.1, 0.15) is 0 Å². The smallest absolute Gasteiger partial charge is 0.269 e. The Morgan fingerprint density at radius 2 is 1.61 bits per heavy atom. The molecule has 31 heavy (non-hydrogen) atoms. The third kappa shape index (κ3) is 5.47. The Morgan fingerprint density at radius 1 is 1.00 bits per heavy atom. The van der Waals surface area contributed by atoms with Gasteiger partial charge in [0, 0.05) is 39.0 Å². The lowest BCUT2D eigenvalue weighted by atomic mass is 10.1. The quantitative estimate of drug-likeness (QED) is 0.188. The molecule has 156 valence electrons. The minimum Gasteiger partial charge on any atom is -0.301 e. The van der Waals surface area contributed by atoms with Crippen LogP contribution in [0.2, 0.25) is 5.02 Å². The van der Waals surface area contributed by atoms with Gasteiger partial charge in [0.2, 0.25) is 5.91 Å². The lowest BCUT2D eigenvalue weighted by Gasteiger charge is -2.00. The monoisotopic (exact) mass is 488 g/mol. The van der Waals surface area contributed by atoms with E-state index in [2.05, 4.69) is 15.3 Å². The molecule has 7 nitrogen and oxygen atoms in total. The molecule has 0 saturated heterocycles. The molecule has 11 heteroatoms. The molecule has 2 heterocycles. The normalized spacial score (nSPS) is 10.7. The van der Waals surface area contributed by atoms with E-state index in [1.807, 2.05) is 29.6 Å². The minimum atomic E-state index is -0.449. The van der Waals surface area contributed by atoms with Crippen LogP contribution in [0, 0.1) is 10.1 Å². The van der Waals surface area contributed by atoms with Crippen molar-refractivity contribution in [3.05, 3.63) is 74.4 Å². The van der Waals surface area contributed by atoms with Gasteiger partial charge in [0.25, 0.3) is 5.69 Å². The fourth-order valence-corrected chi connectivity index (χ4v) is 5.07. The van der Waals surface area contributed by atoms with E-state index in [4.69, 9.17) is 11.6 Å². The Balaban J connectivity index is 1.32. The van der Waals surface area contributed by atoms with Gasteiger partial charge < -0.3 is 5.32 Å². The van der Waals surface area contributed by atoms with Gasteiger partial charge >= 0.3 is 0 Å². The summed E-state index contributed by atoms with van der Waals surface area (Å²) in [5.74, 6) is 0.0258. The van der Waals surface area contributed by atoms with Crippen LogP contribution in [-0.4, -0.2) is 26.6 Å². The Labute approximate surface area is 194 Å². The van der Waals surface area contributed by atoms with Crippen LogP contribution in [-0.2, 0) is 4.79 Å². The molecule has 0 radical (unpaired) electrons. The summed E-state index contributed by atoms with van der Waals surface area (Å²) in [7, 11) is 0. The van der Waals surface area contributed by atoms with E-state index in [1.165, 1.54) is 46.6 Å². The highest BCUT2D eigenvalue weighted by molar-refractivity contribution is 8.01. The average molecular weight is 489 g/mol. The number of hydrogen-bond donors (Lipinski definition) is 1. The second-order valence-electron chi connectivity index (χ2n) is 6.18. The van der Waals surface area contributed by atoms with E-state index in [1.54, 1.807) is 17.5 Å². The van der Waals surface area contributed by atoms with E-state index in [9.17, 15) is 14.9 Å². The van der Waals surface area contributed by atoms with Gasteiger partial charge in [-0.3, -0.25) is 14.9 Å². The van der Waals surface area contributed by atoms with Gasteiger partial charge in [-0.1, -0.05) is 35.5 Å². The van der Waals surface area contributed by atoms with Crippen molar-refractivity contribution in [2.75, 3.05) is 11.1 Å². The van der Waals surface area contributed by atoms with Gasteiger partial charge in [0.1, 0.15) is 0 Å². The predicted molar refractivity (Wildman–Crippen MR) is 126 cm³/mol. The van der Waals surface area contributed by atoms with Gasteiger partial charge in [0.15, 0.2) is 9.47 Å². The molecule has 0 saturated carbocycles. The van der Waals surface area contributed by atoms with Crippen molar-refractivity contribution in [2.45, 2.75) is 4.34 Å². The van der Waals surface area contributed by atoms with Crippen molar-refractivity contribution in [1.29, 1.82) is 0 Å². The fraction of sp³-hybridized carbons (Fsp3) is 0.0500. The topological polar surface area (TPSA) is 98.0 Å². The van der Waals surface area contributed by atoms with E-state index in [0.717, 1.165) is 21.2 Å². The number of benzene rings is 2. The Bertz CT molecular complexity index is 1220. The first kappa shape index (κ1) is 21.4. The van der Waals surface area contributed by atoms with Crippen molar-refractivity contribution in [2.24, 2.45) is 0 Å². The SMILES string of the molecule is O=C(CSc1nc(-c2ccc(Cl)cc2)cs1)Nc1nc(-c2ccc([N+](=O)[O-])cc2)cs1. The number of nitro groups is 1. The van der Waals surface area contributed by atoms with Crippen molar-refractivity contribution < 1.29 is 9.72 Å². The summed E-state index contributed by atoms with van der Waals surface area (Å²) in [6, 6.07) is 13.6. The molecule has 0 bridgehead atoms. The average Bonchev–Trinajstić information content (AvgIpc) is 3.43. The number of anilines is 1. The van der Waals surface area contributed by atoms with Crippen LogP contribution in [0.15, 0.2) is 63.6 Å². The summed E-state index contributed by atoms with van der Waals surface area (Å²) < 4.78 is 0.797. The highest BCUT2D eigenvalue weighted by Crippen LogP contribution is 2.30. The molecule has 0 aliphatic rings. The molecule has 4 aromatic rings. The minimum absolute atomic E-state index is 0.0194. The van der Waals surface area contributed by atoms with Crippen molar-refractivity contribution in [3.63, 3.8) is 0 Å². The number of nitrogens with one attached hydrogen (secondary N) is 1. The van der Waals surface area contributed by atoms with Crippen molar-refractivity contribution in [1.82, 2.24) is 9.97 Å². The fourth-order valence-electron chi connectivity index (χ4n) is 2.58. The van der Waals surface area contributed by atoms with E-state index in [-0.39, 0.29) is 17.3 Å². The predicted octanol–water partition coefficient (Wildman–Crippen LogP) is 6.23. The Hall–Kier alpha value is -2.79. The molecule has 0 unspecified atom stereocenters. The third-order valence-electron chi connectivity index (χ3n) is 4.07. The van der Waals surface area contributed by atoms with Gasteiger partial charge in [0.05, 0.1) is 22.1 Å². The number of amides is 1. The summed E-state index contributed by atoms with van der Waals surface area (Å²) in [6.07, 6.45) is 0. The summed E-state index contributed by atoms with van der Waals surface area (Å²) >= 11 is 10.0. The molecule has 0 aliphatic carbocycles. The van der Waals surface area contributed by atoms with Crippen LogP contribution in [0.3, 0.4) is 0 Å². The van der Waals surface area contributed by atoms with Gasteiger partial charge in [-0.05, 0) is 24.3 Å². The number of rotatable bonds is 7. The Morgan fingerprint density at radius 3 is 2.29 bits per heavy atom. The maximum atomic E-state index is 12.3. The maximum Gasteiger partial charge on any atom is 0.269 e. The lowest BCUT2D eigenvalue weighted by molar-refractivity contribution is -0.384. The number of carbonyl (C=O) groups excluding carboxylic acids is 1. The van der Waals surface area contributed by atoms with Crippen LogP contribution in [0.5, 0.6) is 0 Å². The molecule has 2 aromatic heterocycles. The van der Waals surface area contributed by atoms with Crippen molar-refractivity contribution in [3.8, 4) is 22.5 Å². The number of thiazole rings is 2. The Kier molecular flexibility index (Phi) is 6.62. The van der Waals surface area contributed by atoms with Crippen molar-refractivity contribution >= 4 is 62.8 Å². The molecule has 0 fully saturated rings. The zero-order valence-electron chi connectivity index (χ0n) is 15.6. The number of non-ortho nitro benzene ring substituents is 1. The molecule has 1 amide bonds. The number of hydrogen-bond acceptors (Lipinski definition) is 8. The molecule has 0 aliphatic heterocycles. The lowest BCUT2D eigenvalue weighted by Crippen LogP contribution is -2.13. The number of nitro benzene ring substituents is 1. The van der Waals surface area contributed by atoms with Crippen LogP contribution >= 0.6 is 46.0 Å². The second kappa shape index (κ2) is 9.56. The number of aromatic nitrogens is 2. The second-order valence-corrected chi connectivity index (χ2v) is 9.56. The number of carbonyl (C=O) groups is 1. The maximum absolute atomic E-state index is 12.3. The highest BCUT2D eigenvalue weighted by atomic mass is 35.5. The molecule has 1 N–H and O–H groups in total. The molecular formula is C20H13ClN4O3S3. The first-order chi connectivity index (χ1) is 15.0. The molecule has 0 spiro atoms. The van der Waals surface area contributed by atoms with Gasteiger partial charge in [-0.15, -0.1) is 22.7 Å². The van der Waals surface area contributed by atoms with E-state index < -0.39 is 4.92 Å². The number of thioether (sulfide) groups is 1. The largest absolute Gasteiger partial charge is 0.301 e. The molecule has 0 atom stereocenters. The highest BCUT2D eigenvalue weighted by Gasteiger charge is 2.12. The van der Waals surface area contributed by atoms with Gasteiger partial charge in [-0.2, -0.15) is 0 Å². The zero-order valence-corrected chi connectivity index (χ0v) is 18.9. The molecule has 2 aromatic carbocycles. The van der Waals surface area contributed by atoms with Crippen LogP contribution in [0.4, 0.5) is 10.8 Å². The zero-order chi connectivity index (χ0) is 21.8. The van der Waals surface area contributed by atoms with Crippen LogP contribution < -0.4 is 5.32 Å². The summed E-state index contributed by atoms with van der Waals surface area (Å²) in [5, 5.41) is 18.4. The number of nitrogens with zero attached hydrogens (tertiary/aromatic N) is 3. The first-order valence-corrected chi connectivity index (χ1v) is 11.9. The summed E-state index contributed by atoms with van der Waals surface area (Å²) in [6.45, 7) is 0. The van der Waals surface area contributed by atoms with E-state index in [0.29, 0.717) is 15.8 Å². The number of halogens is 1.